The van der Waals surface area contributed by atoms with Crippen molar-refractivity contribution in [1.29, 1.82) is 5.26 Å². The minimum atomic E-state index is -0.107. The van der Waals surface area contributed by atoms with E-state index < -0.39 is 0 Å². The highest BCUT2D eigenvalue weighted by atomic mass is 16.1. The zero-order valence-corrected chi connectivity index (χ0v) is 17.6. The van der Waals surface area contributed by atoms with Crippen LogP contribution in [-0.2, 0) is 13.6 Å². The largest absolute Gasteiger partial charge is 0.380 e. The molecular formula is C24H26N6O. The van der Waals surface area contributed by atoms with Crippen LogP contribution < -0.4 is 21.5 Å². The lowest BCUT2D eigenvalue weighted by atomic mass is 10.1. The van der Waals surface area contributed by atoms with Gasteiger partial charge in [-0.1, -0.05) is 42.5 Å². The van der Waals surface area contributed by atoms with E-state index in [0.29, 0.717) is 35.0 Å². The molecule has 0 spiro atoms. The highest BCUT2D eigenvalue weighted by Gasteiger charge is 2.24. The van der Waals surface area contributed by atoms with Gasteiger partial charge in [-0.3, -0.25) is 9.36 Å². The summed E-state index contributed by atoms with van der Waals surface area (Å²) in [7, 11) is 1.75. The molecule has 1 fully saturated rings. The van der Waals surface area contributed by atoms with Gasteiger partial charge in [-0.05, 0) is 25.0 Å². The molecule has 0 unspecified atom stereocenters. The molecule has 2 heterocycles. The minimum Gasteiger partial charge on any atom is -0.380 e. The molecule has 0 radical (unpaired) electrons. The SMILES string of the molecule is Cn1c(-c2ccccc2)nc(N2CCC[C@@H](N)C2)c(CNc2ccccc2C#N)c1=O. The Morgan fingerprint density at radius 1 is 1.19 bits per heavy atom. The lowest BCUT2D eigenvalue weighted by Gasteiger charge is -2.33. The molecule has 7 nitrogen and oxygen atoms in total. The number of rotatable bonds is 5. The fourth-order valence-corrected chi connectivity index (χ4v) is 4.02. The minimum absolute atomic E-state index is 0.0555. The molecule has 0 amide bonds. The Kier molecular flexibility index (Phi) is 6.01. The fourth-order valence-electron chi connectivity index (χ4n) is 4.02. The maximum Gasteiger partial charge on any atom is 0.260 e. The molecule has 0 saturated carbocycles. The normalized spacial score (nSPS) is 16.0. The van der Waals surface area contributed by atoms with E-state index in [0.717, 1.165) is 24.9 Å². The number of para-hydroxylation sites is 1. The van der Waals surface area contributed by atoms with Gasteiger partial charge in [-0.25, -0.2) is 4.98 Å². The fraction of sp³-hybridized carbons (Fsp3) is 0.292. The summed E-state index contributed by atoms with van der Waals surface area (Å²) in [6.07, 6.45) is 1.93. The van der Waals surface area contributed by atoms with Crippen molar-refractivity contribution in [3.8, 4) is 17.5 Å². The molecule has 1 aromatic heterocycles. The van der Waals surface area contributed by atoms with Crippen LogP contribution >= 0.6 is 0 Å². The van der Waals surface area contributed by atoms with Crippen molar-refractivity contribution in [2.75, 3.05) is 23.3 Å². The van der Waals surface area contributed by atoms with Crippen LogP contribution in [0.15, 0.2) is 59.4 Å². The van der Waals surface area contributed by atoms with Crippen molar-refractivity contribution in [1.82, 2.24) is 9.55 Å². The molecule has 158 valence electrons. The van der Waals surface area contributed by atoms with E-state index in [1.54, 1.807) is 17.7 Å². The summed E-state index contributed by atoms with van der Waals surface area (Å²) in [6, 6.07) is 19.2. The second-order valence-electron chi connectivity index (χ2n) is 7.83. The van der Waals surface area contributed by atoms with Gasteiger partial charge in [0.15, 0.2) is 0 Å². The summed E-state index contributed by atoms with van der Waals surface area (Å²) in [6.45, 7) is 1.74. The smallest absolute Gasteiger partial charge is 0.260 e. The molecule has 2 aromatic carbocycles. The van der Waals surface area contributed by atoms with Crippen molar-refractivity contribution in [2.45, 2.75) is 25.4 Å². The molecule has 1 aliphatic rings. The standard InChI is InChI=1S/C24H26N6O/c1-29-22(17-8-3-2-4-9-17)28-23(30-13-7-11-19(26)16-30)20(24(29)31)15-27-21-12-6-5-10-18(21)14-25/h2-6,8-10,12,19,27H,7,11,13,15-16,26H2,1H3/t19-/m1/s1. The molecular weight excluding hydrogens is 388 g/mol. The molecule has 3 N–H and O–H groups in total. The van der Waals surface area contributed by atoms with Gasteiger partial charge in [0.2, 0.25) is 0 Å². The summed E-state index contributed by atoms with van der Waals surface area (Å²) in [5.74, 6) is 1.29. The topological polar surface area (TPSA) is 100.0 Å². The van der Waals surface area contributed by atoms with Crippen molar-refractivity contribution < 1.29 is 0 Å². The first-order chi connectivity index (χ1) is 15.1. The van der Waals surface area contributed by atoms with Gasteiger partial charge in [-0.2, -0.15) is 5.26 Å². The number of nitrogens with two attached hydrogens (primary N) is 1. The maximum atomic E-state index is 13.4. The van der Waals surface area contributed by atoms with Crippen LogP contribution in [0.25, 0.3) is 11.4 Å². The Morgan fingerprint density at radius 2 is 1.94 bits per heavy atom. The number of nitrogens with zero attached hydrogens (tertiary/aromatic N) is 4. The number of aromatic nitrogens is 2. The Bertz CT molecular complexity index is 1160. The molecule has 3 aromatic rings. The maximum absolute atomic E-state index is 13.4. The molecule has 0 bridgehead atoms. The van der Waals surface area contributed by atoms with Gasteiger partial charge < -0.3 is 16.0 Å². The van der Waals surface area contributed by atoms with Crippen molar-refractivity contribution in [2.24, 2.45) is 12.8 Å². The van der Waals surface area contributed by atoms with E-state index in [1.165, 1.54) is 0 Å². The van der Waals surface area contributed by atoms with Crippen molar-refractivity contribution in [3.05, 3.63) is 76.1 Å². The van der Waals surface area contributed by atoms with Gasteiger partial charge in [-0.15, -0.1) is 0 Å². The lowest BCUT2D eigenvalue weighted by molar-refractivity contribution is 0.501. The average molecular weight is 415 g/mol. The second-order valence-corrected chi connectivity index (χ2v) is 7.83. The van der Waals surface area contributed by atoms with Crippen LogP contribution in [0.1, 0.15) is 24.0 Å². The first kappa shape index (κ1) is 20.6. The Labute approximate surface area is 181 Å². The van der Waals surface area contributed by atoms with Gasteiger partial charge in [0.1, 0.15) is 17.7 Å². The van der Waals surface area contributed by atoms with E-state index in [2.05, 4.69) is 16.3 Å². The Hall–Kier alpha value is -3.63. The van der Waals surface area contributed by atoms with E-state index in [-0.39, 0.29) is 18.1 Å². The lowest BCUT2D eigenvalue weighted by Crippen LogP contribution is -2.45. The predicted molar refractivity (Wildman–Crippen MR) is 123 cm³/mol. The third-order valence-electron chi connectivity index (χ3n) is 5.65. The third-order valence-corrected chi connectivity index (χ3v) is 5.65. The predicted octanol–water partition coefficient (Wildman–Crippen LogP) is 2.86. The molecule has 1 saturated heterocycles. The Balaban J connectivity index is 1.78. The molecule has 0 aliphatic carbocycles. The van der Waals surface area contributed by atoms with Gasteiger partial charge in [0.05, 0.1) is 16.8 Å². The molecule has 4 rings (SSSR count). The zero-order valence-electron chi connectivity index (χ0n) is 17.6. The monoisotopic (exact) mass is 414 g/mol. The Morgan fingerprint density at radius 3 is 2.68 bits per heavy atom. The second kappa shape index (κ2) is 9.02. The molecule has 1 aliphatic heterocycles. The number of hydrogen-bond acceptors (Lipinski definition) is 6. The van der Waals surface area contributed by atoms with Crippen molar-refractivity contribution in [3.63, 3.8) is 0 Å². The first-order valence-corrected chi connectivity index (χ1v) is 10.5. The van der Waals surface area contributed by atoms with E-state index in [9.17, 15) is 10.1 Å². The quantitative estimate of drug-likeness (QED) is 0.666. The first-order valence-electron chi connectivity index (χ1n) is 10.5. The summed E-state index contributed by atoms with van der Waals surface area (Å²) < 4.78 is 1.59. The number of nitriles is 1. The van der Waals surface area contributed by atoms with Crippen LogP contribution in [0.5, 0.6) is 0 Å². The average Bonchev–Trinajstić information content (AvgIpc) is 2.80. The van der Waals surface area contributed by atoms with E-state index in [1.807, 2.05) is 48.5 Å². The van der Waals surface area contributed by atoms with Gasteiger partial charge in [0.25, 0.3) is 5.56 Å². The number of benzene rings is 2. The van der Waals surface area contributed by atoms with Crippen LogP contribution in [0.2, 0.25) is 0 Å². The highest BCUT2D eigenvalue weighted by Crippen LogP contribution is 2.25. The van der Waals surface area contributed by atoms with Gasteiger partial charge >= 0.3 is 0 Å². The van der Waals surface area contributed by atoms with E-state index in [4.69, 9.17) is 10.7 Å². The zero-order chi connectivity index (χ0) is 21.8. The molecule has 7 heteroatoms. The number of nitrogens with one attached hydrogen (secondary N) is 1. The number of piperidine rings is 1. The number of anilines is 2. The van der Waals surface area contributed by atoms with Crippen LogP contribution in [0, 0.1) is 11.3 Å². The summed E-state index contributed by atoms with van der Waals surface area (Å²) >= 11 is 0. The molecule has 1 atom stereocenters. The van der Waals surface area contributed by atoms with Crippen LogP contribution in [0.4, 0.5) is 11.5 Å². The number of hydrogen-bond donors (Lipinski definition) is 2. The molecule has 31 heavy (non-hydrogen) atoms. The van der Waals surface area contributed by atoms with Crippen LogP contribution in [-0.4, -0.2) is 28.7 Å². The van der Waals surface area contributed by atoms with Crippen molar-refractivity contribution >= 4 is 11.5 Å². The van der Waals surface area contributed by atoms with Gasteiger partial charge in [0, 0.05) is 38.3 Å². The summed E-state index contributed by atoms with van der Waals surface area (Å²) in [5, 5.41) is 12.6. The highest BCUT2D eigenvalue weighted by molar-refractivity contribution is 5.62. The summed E-state index contributed by atoms with van der Waals surface area (Å²) in [4.78, 5) is 20.5. The third kappa shape index (κ3) is 4.30. The summed E-state index contributed by atoms with van der Waals surface area (Å²) in [5.41, 5.74) is 8.81. The van der Waals surface area contributed by atoms with E-state index >= 15 is 0 Å². The van der Waals surface area contributed by atoms with Crippen LogP contribution in [0.3, 0.4) is 0 Å².